The summed E-state index contributed by atoms with van der Waals surface area (Å²) in [6.07, 6.45) is 2.30. The number of nitrogens with zero attached hydrogens (tertiary/aromatic N) is 4. The Hall–Kier alpha value is -3.06. The zero-order chi connectivity index (χ0) is 19.8. The minimum absolute atomic E-state index is 0.0287. The van der Waals surface area contributed by atoms with Crippen molar-refractivity contribution in [3.8, 4) is 11.3 Å². The van der Waals surface area contributed by atoms with E-state index in [4.69, 9.17) is 4.74 Å². The summed E-state index contributed by atoms with van der Waals surface area (Å²) >= 11 is 0. The smallest absolute Gasteiger partial charge is 0.248 e. The van der Waals surface area contributed by atoms with E-state index in [9.17, 15) is 9.59 Å². The maximum atomic E-state index is 12.1. The van der Waals surface area contributed by atoms with Crippen LogP contribution >= 0.6 is 0 Å². The van der Waals surface area contributed by atoms with Crippen molar-refractivity contribution < 1.29 is 14.3 Å². The summed E-state index contributed by atoms with van der Waals surface area (Å²) in [5.41, 5.74) is 3.75. The zero-order valence-corrected chi connectivity index (χ0v) is 16.1. The van der Waals surface area contributed by atoms with Crippen LogP contribution in [0, 0.1) is 5.92 Å². The van der Waals surface area contributed by atoms with Gasteiger partial charge >= 0.3 is 0 Å². The molecular weight excluding hydrogens is 368 g/mol. The Morgan fingerprint density at radius 3 is 2.72 bits per heavy atom. The molecule has 0 spiro atoms. The minimum atomic E-state index is 0.0287. The Bertz CT molecular complexity index is 1070. The number of ether oxygens (including phenoxy) is 1. The van der Waals surface area contributed by atoms with Gasteiger partial charge in [0.05, 0.1) is 18.7 Å². The van der Waals surface area contributed by atoms with Gasteiger partial charge in [-0.15, -0.1) is 0 Å². The number of carbonyl (C=O) groups excluding carboxylic acids is 2. The molecule has 2 fully saturated rings. The van der Waals surface area contributed by atoms with Gasteiger partial charge in [-0.1, -0.05) is 30.3 Å². The van der Waals surface area contributed by atoms with E-state index in [1.54, 1.807) is 4.52 Å². The summed E-state index contributed by atoms with van der Waals surface area (Å²) in [4.78, 5) is 30.4. The zero-order valence-electron chi connectivity index (χ0n) is 16.1. The Morgan fingerprint density at radius 2 is 1.97 bits per heavy atom. The van der Waals surface area contributed by atoms with Gasteiger partial charge in [-0.25, -0.2) is 9.50 Å². The van der Waals surface area contributed by atoms with Crippen molar-refractivity contribution >= 4 is 17.3 Å². The van der Waals surface area contributed by atoms with E-state index >= 15 is 0 Å². The Morgan fingerprint density at radius 1 is 1.14 bits per heavy atom. The van der Waals surface area contributed by atoms with Crippen LogP contribution in [0.2, 0.25) is 0 Å². The van der Waals surface area contributed by atoms with Crippen molar-refractivity contribution in [2.24, 2.45) is 5.92 Å². The Kier molecular flexibility index (Phi) is 4.60. The number of benzene rings is 1. The van der Waals surface area contributed by atoms with E-state index < -0.39 is 0 Å². The lowest BCUT2D eigenvalue weighted by Gasteiger charge is -2.26. The summed E-state index contributed by atoms with van der Waals surface area (Å²) in [6.45, 7) is 1.96. The third-order valence-electron chi connectivity index (χ3n) is 5.48. The van der Waals surface area contributed by atoms with Gasteiger partial charge in [-0.2, -0.15) is 5.10 Å². The van der Waals surface area contributed by atoms with Crippen molar-refractivity contribution in [1.29, 1.82) is 0 Å². The summed E-state index contributed by atoms with van der Waals surface area (Å²) in [5.74, 6) is 1.06. The lowest BCUT2D eigenvalue weighted by atomic mass is 10.1. The van der Waals surface area contributed by atoms with Crippen LogP contribution in [0.3, 0.4) is 0 Å². The fraction of sp³-hybridized carbons (Fsp3) is 0.364. The summed E-state index contributed by atoms with van der Waals surface area (Å²) in [7, 11) is 0. The monoisotopic (exact) mass is 390 g/mol. The van der Waals surface area contributed by atoms with Gasteiger partial charge in [0, 0.05) is 24.6 Å². The first kappa shape index (κ1) is 18.0. The number of hydrogen-bond acceptors (Lipinski definition) is 5. The second-order valence-electron chi connectivity index (χ2n) is 7.69. The molecule has 1 saturated carbocycles. The predicted molar refractivity (Wildman–Crippen MR) is 106 cm³/mol. The van der Waals surface area contributed by atoms with Crippen LogP contribution < -0.4 is 0 Å². The highest BCUT2D eigenvalue weighted by molar-refractivity contribution is 5.84. The van der Waals surface area contributed by atoms with E-state index in [2.05, 4.69) is 10.1 Å². The Balaban J connectivity index is 1.37. The van der Waals surface area contributed by atoms with Crippen LogP contribution in [0.4, 0.5) is 0 Å². The van der Waals surface area contributed by atoms with E-state index in [1.807, 2.05) is 47.4 Å². The Labute approximate surface area is 168 Å². The van der Waals surface area contributed by atoms with Crippen LogP contribution in [0.25, 0.3) is 16.9 Å². The quantitative estimate of drug-likeness (QED) is 0.645. The van der Waals surface area contributed by atoms with Crippen LogP contribution in [-0.2, 0) is 27.3 Å². The number of fused-ring (bicyclic) bond motifs is 1. The maximum absolute atomic E-state index is 12.1. The van der Waals surface area contributed by atoms with E-state index in [1.165, 1.54) is 0 Å². The standard InChI is InChI=1S/C22H22N4O3/c27-19(17-8-9-17)12-20-23-21-3-1-2-18(26(21)24-20)16-6-4-15(5-7-16)13-25-10-11-29-14-22(25)28/h1-7,17H,8-14H2. The topological polar surface area (TPSA) is 76.8 Å². The number of ketones is 1. The largest absolute Gasteiger partial charge is 0.370 e. The number of rotatable bonds is 6. The van der Waals surface area contributed by atoms with Crippen molar-refractivity contribution in [2.45, 2.75) is 25.8 Å². The van der Waals surface area contributed by atoms with Crippen LogP contribution in [0.5, 0.6) is 0 Å². The number of pyridine rings is 1. The van der Waals surface area contributed by atoms with Gasteiger partial charge in [0.1, 0.15) is 12.4 Å². The average molecular weight is 390 g/mol. The molecule has 1 aliphatic carbocycles. The van der Waals surface area contributed by atoms with Crippen molar-refractivity contribution in [2.75, 3.05) is 19.8 Å². The highest BCUT2D eigenvalue weighted by Crippen LogP contribution is 2.30. The highest BCUT2D eigenvalue weighted by atomic mass is 16.5. The molecule has 7 nitrogen and oxygen atoms in total. The molecule has 3 aromatic rings. The van der Waals surface area contributed by atoms with Crippen molar-refractivity contribution in [1.82, 2.24) is 19.5 Å². The average Bonchev–Trinajstić information content (AvgIpc) is 3.50. The lowest BCUT2D eigenvalue weighted by molar-refractivity contribution is -0.143. The van der Waals surface area contributed by atoms with Crippen LogP contribution in [0.15, 0.2) is 42.5 Å². The van der Waals surface area contributed by atoms with Crippen LogP contribution in [0.1, 0.15) is 24.2 Å². The van der Waals surface area contributed by atoms with Gasteiger partial charge in [0.25, 0.3) is 0 Å². The molecule has 29 heavy (non-hydrogen) atoms. The molecule has 7 heteroatoms. The number of aromatic nitrogens is 3. The first-order chi connectivity index (χ1) is 14.2. The predicted octanol–water partition coefficient (Wildman–Crippen LogP) is 2.28. The third-order valence-corrected chi connectivity index (χ3v) is 5.48. The van der Waals surface area contributed by atoms with Gasteiger partial charge in [0.15, 0.2) is 11.5 Å². The van der Waals surface area contributed by atoms with E-state index in [0.717, 1.165) is 35.3 Å². The summed E-state index contributed by atoms with van der Waals surface area (Å²) < 4.78 is 6.98. The molecule has 2 aromatic heterocycles. The highest BCUT2D eigenvalue weighted by Gasteiger charge is 2.30. The number of hydrogen-bond donors (Lipinski definition) is 0. The molecule has 0 atom stereocenters. The fourth-order valence-corrected chi connectivity index (χ4v) is 3.67. The van der Waals surface area contributed by atoms with Gasteiger partial charge < -0.3 is 9.64 Å². The molecule has 0 bridgehead atoms. The van der Waals surface area contributed by atoms with E-state index in [0.29, 0.717) is 31.9 Å². The fourth-order valence-electron chi connectivity index (χ4n) is 3.67. The molecule has 2 aliphatic rings. The minimum Gasteiger partial charge on any atom is -0.370 e. The molecular formula is C22H22N4O3. The first-order valence-corrected chi connectivity index (χ1v) is 9.99. The number of morpholine rings is 1. The van der Waals surface area contributed by atoms with Crippen molar-refractivity contribution in [3.63, 3.8) is 0 Å². The van der Waals surface area contributed by atoms with Gasteiger partial charge in [-0.05, 0) is 30.5 Å². The molecule has 0 N–H and O–H groups in total. The lowest BCUT2D eigenvalue weighted by Crippen LogP contribution is -2.40. The second kappa shape index (κ2) is 7.40. The first-order valence-electron chi connectivity index (χ1n) is 9.99. The second-order valence-corrected chi connectivity index (χ2v) is 7.69. The molecule has 1 amide bonds. The van der Waals surface area contributed by atoms with Gasteiger partial charge in [-0.3, -0.25) is 9.59 Å². The molecule has 148 valence electrons. The molecule has 1 saturated heterocycles. The maximum Gasteiger partial charge on any atom is 0.248 e. The number of carbonyl (C=O) groups is 2. The summed E-state index contributed by atoms with van der Waals surface area (Å²) in [6, 6.07) is 14.0. The van der Waals surface area contributed by atoms with Crippen LogP contribution in [-0.4, -0.2) is 50.9 Å². The molecule has 5 rings (SSSR count). The summed E-state index contributed by atoms with van der Waals surface area (Å²) in [5, 5.41) is 4.58. The molecule has 0 unspecified atom stereocenters. The van der Waals surface area contributed by atoms with Gasteiger partial charge in [0.2, 0.25) is 5.91 Å². The normalized spacial score (nSPS) is 17.1. The molecule has 1 aromatic carbocycles. The van der Waals surface area contributed by atoms with E-state index in [-0.39, 0.29) is 24.2 Å². The number of Topliss-reactive ketones (excluding diaryl/α,β-unsaturated/α-hetero) is 1. The SMILES string of the molecule is O=C(Cc1nc2cccc(-c3ccc(CN4CCOCC4=O)cc3)n2n1)C1CC1. The molecule has 0 radical (unpaired) electrons. The number of amides is 1. The third kappa shape index (κ3) is 3.78. The molecule has 1 aliphatic heterocycles. The van der Waals surface area contributed by atoms with Crippen molar-refractivity contribution in [3.05, 3.63) is 53.9 Å². The molecule has 3 heterocycles.